The molecule has 0 atom stereocenters. The van der Waals surface area contributed by atoms with Gasteiger partial charge in [0.15, 0.2) is 0 Å². The van der Waals surface area contributed by atoms with Gasteiger partial charge in [0.05, 0.1) is 7.11 Å². The summed E-state index contributed by atoms with van der Waals surface area (Å²) in [4.78, 5) is 0. The second-order valence-electron chi connectivity index (χ2n) is 2.37. The largest absolute Gasteiger partial charge is 0.497 e. The summed E-state index contributed by atoms with van der Waals surface area (Å²) in [5, 5.41) is 0.762. The smallest absolute Gasteiger partial charge is 0.118 e. The van der Waals surface area contributed by atoms with Crippen molar-refractivity contribution in [1.82, 2.24) is 0 Å². The van der Waals surface area contributed by atoms with Crippen LogP contribution in [0.3, 0.4) is 0 Å². The quantitative estimate of drug-likeness (QED) is 0.682. The second-order valence-corrected chi connectivity index (χ2v) is 2.77. The number of methoxy groups -OCH3 is 1. The van der Waals surface area contributed by atoms with Crippen molar-refractivity contribution >= 4 is 16.6 Å². The van der Waals surface area contributed by atoms with Crippen LogP contribution in [0.1, 0.15) is 12.5 Å². The van der Waals surface area contributed by atoms with Crippen LogP contribution < -0.4 is 4.74 Å². The van der Waals surface area contributed by atoms with Gasteiger partial charge in [0.2, 0.25) is 0 Å². The van der Waals surface area contributed by atoms with E-state index in [-0.39, 0.29) is 0 Å². The highest BCUT2D eigenvalue weighted by molar-refractivity contribution is 6.48. The fourth-order valence-corrected chi connectivity index (χ4v) is 1.04. The molecule has 1 rings (SSSR count). The van der Waals surface area contributed by atoms with Crippen LogP contribution in [0.25, 0.3) is 5.03 Å². The Morgan fingerprint density at radius 3 is 2.33 bits per heavy atom. The van der Waals surface area contributed by atoms with E-state index in [1.807, 2.05) is 37.3 Å². The zero-order valence-corrected chi connectivity index (χ0v) is 7.93. The average molecular weight is 183 g/mol. The van der Waals surface area contributed by atoms with E-state index in [0.29, 0.717) is 0 Å². The lowest BCUT2D eigenvalue weighted by Gasteiger charge is -2.01. The van der Waals surface area contributed by atoms with Gasteiger partial charge in [-0.15, -0.1) is 0 Å². The summed E-state index contributed by atoms with van der Waals surface area (Å²) < 4.78 is 5.02. The lowest BCUT2D eigenvalue weighted by atomic mass is 10.2. The van der Waals surface area contributed by atoms with Crippen molar-refractivity contribution in [3.8, 4) is 5.75 Å². The number of halogens is 1. The molecular weight excluding hydrogens is 172 g/mol. The Kier molecular flexibility index (Phi) is 3.18. The highest BCUT2D eigenvalue weighted by Crippen LogP contribution is 2.20. The van der Waals surface area contributed by atoms with Gasteiger partial charge in [-0.3, -0.25) is 0 Å². The normalized spacial score (nSPS) is 11.4. The minimum atomic E-state index is 0.762. The van der Waals surface area contributed by atoms with Gasteiger partial charge in [-0.25, -0.2) is 0 Å². The van der Waals surface area contributed by atoms with Crippen molar-refractivity contribution in [2.45, 2.75) is 6.92 Å². The molecule has 0 radical (unpaired) electrons. The first-order valence-corrected chi connectivity index (χ1v) is 4.12. The number of rotatable bonds is 2. The monoisotopic (exact) mass is 182 g/mol. The molecule has 0 spiro atoms. The Balaban J connectivity index is 2.92. The van der Waals surface area contributed by atoms with E-state index >= 15 is 0 Å². The average Bonchev–Trinajstić information content (AvgIpc) is 2.17. The molecule has 0 bridgehead atoms. The van der Waals surface area contributed by atoms with Gasteiger partial charge in [-0.1, -0.05) is 17.7 Å². The SMILES string of the molecule is C/C=C(/Cl)c1ccc(OC)cc1. The van der Waals surface area contributed by atoms with Gasteiger partial charge >= 0.3 is 0 Å². The van der Waals surface area contributed by atoms with Gasteiger partial charge in [0, 0.05) is 5.03 Å². The summed E-state index contributed by atoms with van der Waals surface area (Å²) in [5.41, 5.74) is 1.01. The van der Waals surface area contributed by atoms with E-state index in [1.165, 1.54) is 0 Å². The highest BCUT2D eigenvalue weighted by Gasteiger charge is 1.95. The van der Waals surface area contributed by atoms with E-state index in [2.05, 4.69) is 0 Å². The summed E-state index contributed by atoms with van der Waals surface area (Å²) in [6.45, 7) is 1.91. The molecule has 0 aliphatic rings. The summed E-state index contributed by atoms with van der Waals surface area (Å²) in [7, 11) is 1.65. The fourth-order valence-electron chi connectivity index (χ4n) is 0.917. The Morgan fingerprint density at radius 1 is 1.33 bits per heavy atom. The lowest BCUT2D eigenvalue weighted by molar-refractivity contribution is 0.415. The van der Waals surface area contributed by atoms with Crippen molar-refractivity contribution in [3.63, 3.8) is 0 Å². The first-order chi connectivity index (χ1) is 5.77. The molecule has 0 amide bonds. The Hall–Kier alpha value is -0.950. The highest BCUT2D eigenvalue weighted by atomic mass is 35.5. The number of ether oxygens (including phenoxy) is 1. The maximum atomic E-state index is 5.91. The predicted octanol–water partition coefficient (Wildman–Crippen LogP) is 3.29. The maximum Gasteiger partial charge on any atom is 0.118 e. The van der Waals surface area contributed by atoms with Gasteiger partial charge in [-0.2, -0.15) is 0 Å². The molecule has 0 saturated carbocycles. The number of benzene rings is 1. The van der Waals surface area contributed by atoms with Crippen molar-refractivity contribution in [3.05, 3.63) is 35.9 Å². The Morgan fingerprint density at radius 2 is 1.92 bits per heavy atom. The number of allylic oxidation sites excluding steroid dienone is 1. The van der Waals surface area contributed by atoms with Crippen molar-refractivity contribution in [1.29, 1.82) is 0 Å². The zero-order chi connectivity index (χ0) is 8.97. The van der Waals surface area contributed by atoms with Crippen LogP contribution in [-0.4, -0.2) is 7.11 Å². The molecule has 1 aromatic carbocycles. The van der Waals surface area contributed by atoms with E-state index in [0.717, 1.165) is 16.3 Å². The van der Waals surface area contributed by atoms with E-state index in [9.17, 15) is 0 Å². The standard InChI is InChI=1S/C10H11ClO/c1-3-10(11)8-4-6-9(12-2)7-5-8/h3-7H,1-2H3/b10-3+. The van der Waals surface area contributed by atoms with Crippen molar-refractivity contribution in [2.24, 2.45) is 0 Å². The van der Waals surface area contributed by atoms with Gasteiger partial charge < -0.3 is 4.74 Å². The van der Waals surface area contributed by atoms with E-state index in [4.69, 9.17) is 16.3 Å². The summed E-state index contributed by atoms with van der Waals surface area (Å²) in [5.74, 6) is 0.847. The second kappa shape index (κ2) is 4.17. The van der Waals surface area contributed by atoms with E-state index < -0.39 is 0 Å². The van der Waals surface area contributed by atoms with Crippen LogP contribution >= 0.6 is 11.6 Å². The predicted molar refractivity (Wildman–Crippen MR) is 52.5 cm³/mol. The van der Waals surface area contributed by atoms with Crippen molar-refractivity contribution in [2.75, 3.05) is 7.11 Å². The molecule has 0 aliphatic carbocycles. The molecular formula is C10H11ClO. The lowest BCUT2D eigenvalue weighted by Crippen LogP contribution is -1.82. The van der Waals surface area contributed by atoms with Gasteiger partial charge in [0.25, 0.3) is 0 Å². The molecule has 1 nitrogen and oxygen atoms in total. The third-order valence-corrected chi connectivity index (χ3v) is 2.06. The molecule has 2 heteroatoms. The van der Waals surface area contributed by atoms with Crippen LogP contribution in [0.4, 0.5) is 0 Å². The first kappa shape index (κ1) is 9.14. The van der Waals surface area contributed by atoms with Gasteiger partial charge in [-0.05, 0) is 36.8 Å². The first-order valence-electron chi connectivity index (χ1n) is 3.74. The van der Waals surface area contributed by atoms with Crippen LogP contribution in [0.2, 0.25) is 0 Å². The molecule has 0 heterocycles. The molecule has 0 aromatic heterocycles. The summed E-state index contributed by atoms with van der Waals surface area (Å²) in [6, 6.07) is 7.64. The third-order valence-electron chi connectivity index (χ3n) is 1.62. The Labute approximate surface area is 77.6 Å². The van der Waals surface area contributed by atoms with Gasteiger partial charge in [0.1, 0.15) is 5.75 Å². The molecule has 1 aromatic rings. The number of hydrogen-bond donors (Lipinski definition) is 0. The minimum Gasteiger partial charge on any atom is -0.497 e. The molecule has 0 aliphatic heterocycles. The fraction of sp³-hybridized carbons (Fsp3) is 0.200. The van der Waals surface area contributed by atoms with Crippen molar-refractivity contribution < 1.29 is 4.74 Å². The zero-order valence-electron chi connectivity index (χ0n) is 7.17. The third kappa shape index (κ3) is 2.02. The summed E-state index contributed by atoms with van der Waals surface area (Å²) >= 11 is 5.91. The molecule has 0 saturated heterocycles. The molecule has 64 valence electrons. The van der Waals surface area contributed by atoms with Crippen LogP contribution in [0.15, 0.2) is 30.3 Å². The molecule has 0 unspecified atom stereocenters. The topological polar surface area (TPSA) is 9.23 Å². The molecule has 0 N–H and O–H groups in total. The minimum absolute atomic E-state index is 0.762. The number of hydrogen-bond acceptors (Lipinski definition) is 1. The molecule has 12 heavy (non-hydrogen) atoms. The van der Waals surface area contributed by atoms with E-state index in [1.54, 1.807) is 7.11 Å². The van der Waals surface area contributed by atoms with Crippen LogP contribution in [0.5, 0.6) is 5.75 Å². The Bertz CT molecular complexity index is 274. The van der Waals surface area contributed by atoms with Crippen LogP contribution in [0, 0.1) is 0 Å². The maximum absolute atomic E-state index is 5.91. The van der Waals surface area contributed by atoms with Crippen LogP contribution in [-0.2, 0) is 0 Å². The molecule has 0 fully saturated rings. The summed E-state index contributed by atoms with van der Waals surface area (Å²) in [6.07, 6.45) is 1.86.